The molecule has 0 bridgehead atoms. The first-order chi connectivity index (χ1) is 17.7. The number of likely N-dealkylation sites (tertiary alicyclic amines) is 1. The van der Waals surface area contributed by atoms with E-state index in [-0.39, 0.29) is 12.5 Å². The number of anilines is 1. The Balaban J connectivity index is 1.53. The van der Waals surface area contributed by atoms with Gasteiger partial charge in [0.1, 0.15) is 11.3 Å². The summed E-state index contributed by atoms with van der Waals surface area (Å²) in [6.07, 6.45) is -0.894. The lowest BCUT2D eigenvalue weighted by atomic mass is 9.77. The van der Waals surface area contributed by atoms with E-state index in [1.165, 1.54) is 14.2 Å². The molecule has 0 saturated carbocycles. The van der Waals surface area contributed by atoms with Crippen molar-refractivity contribution in [3.05, 3.63) is 60.2 Å². The van der Waals surface area contributed by atoms with Crippen LogP contribution in [0.4, 0.5) is 5.69 Å². The van der Waals surface area contributed by atoms with Crippen LogP contribution >= 0.6 is 0 Å². The van der Waals surface area contributed by atoms with E-state index >= 15 is 0 Å². The van der Waals surface area contributed by atoms with Crippen molar-refractivity contribution in [1.82, 2.24) is 10.2 Å². The fourth-order valence-electron chi connectivity index (χ4n) is 5.83. The number of benzene rings is 2. The summed E-state index contributed by atoms with van der Waals surface area (Å²) in [5, 5.41) is 3.23. The predicted molar refractivity (Wildman–Crippen MR) is 131 cm³/mol. The van der Waals surface area contributed by atoms with Gasteiger partial charge < -0.3 is 19.1 Å². The van der Waals surface area contributed by atoms with E-state index in [1.807, 2.05) is 30.3 Å². The minimum absolute atomic E-state index is 0.187. The van der Waals surface area contributed by atoms with Crippen molar-refractivity contribution in [3.8, 4) is 5.75 Å². The number of ether oxygens (including phenoxy) is 3. The number of β-lactam (4-membered cyclic amide) rings is 1. The summed E-state index contributed by atoms with van der Waals surface area (Å²) in [5.74, 6) is -3.00. The molecular formula is C27H29N3O7. The van der Waals surface area contributed by atoms with Gasteiger partial charge in [0.25, 0.3) is 5.91 Å². The van der Waals surface area contributed by atoms with Gasteiger partial charge in [-0.05, 0) is 36.8 Å². The lowest BCUT2D eigenvalue weighted by Gasteiger charge is -2.50. The van der Waals surface area contributed by atoms with E-state index in [4.69, 9.17) is 14.2 Å². The molecule has 10 heteroatoms. The topological polar surface area (TPSA) is 114 Å². The molecule has 5 rings (SSSR count). The molecule has 0 spiro atoms. The van der Waals surface area contributed by atoms with Gasteiger partial charge in [0, 0.05) is 18.8 Å². The van der Waals surface area contributed by atoms with Gasteiger partial charge in [0.2, 0.25) is 11.8 Å². The minimum atomic E-state index is -1.45. The van der Waals surface area contributed by atoms with Gasteiger partial charge in [-0.25, -0.2) is 0 Å². The number of hydrogen-bond donors (Lipinski definition) is 1. The standard InChI is InChI=1S/C27H29N3O7/c1-27(26(34)36-4)19-18(23(31)29(2)24(19)32)20(28-27)21-22(37-14-15-8-6-5-7-9-15)25(33)30(21)16-10-12-17(35-3)13-11-16/h5-13,18-22,28H,14H2,1-4H3/t18-,19-,20+,21+,22-,27-/m1/s1. The van der Waals surface area contributed by atoms with Crippen LogP contribution < -0.4 is 15.0 Å². The van der Waals surface area contributed by atoms with Crippen LogP contribution in [0.1, 0.15) is 12.5 Å². The third-order valence-corrected chi connectivity index (χ3v) is 7.74. The summed E-state index contributed by atoms with van der Waals surface area (Å²) in [6.45, 7) is 1.75. The summed E-state index contributed by atoms with van der Waals surface area (Å²) in [4.78, 5) is 55.4. The highest BCUT2D eigenvalue weighted by Gasteiger charge is 2.70. The van der Waals surface area contributed by atoms with E-state index in [2.05, 4.69) is 5.32 Å². The average molecular weight is 508 g/mol. The average Bonchev–Trinajstić information content (AvgIpc) is 3.35. The Hall–Kier alpha value is -3.76. The molecule has 2 aromatic rings. The number of rotatable bonds is 7. The molecule has 194 valence electrons. The highest BCUT2D eigenvalue weighted by Crippen LogP contribution is 2.47. The molecule has 3 amide bonds. The van der Waals surface area contributed by atoms with Crippen LogP contribution in [0.15, 0.2) is 54.6 Å². The maximum absolute atomic E-state index is 13.4. The van der Waals surface area contributed by atoms with Crippen LogP contribution in [-0.2, 0) is 35.3 Å². The predicted octanol–water partition coefficient (Wildman–Crippen LogP) is 1.13. The molecule has 2 aromatic carbocycles. The van der Waals surface area contributed by atoms with Crippen molar-refractivity contribution < 1.29 is 33.4 Å². The Kier molecular flexibility index (Phi) is 6.25. The van der Waals surface area contributed by atoms with Crippen LogP contribution in [0.3, 0.4) is 0 Å². The molecular weight excluding hydrogens is 478 g/mol. The Labute approximate surface area is 214 Å². The highest BCUT2D eigenvalue weighted by molar-refractivity contribution is 6.10. The van der Waals surface area contributed by atoms with Crippen molar-refractivity contribution in [2.24, 2.45) is 11.8 Å². The van der Waals surface area contributed by atoms with Crippen LogP contribution in [0.2, 0.25) is 0 Å². The number of fused-ring (bicyclic) bond motifs is 1. The zero-order valence-corrected chi connectivity index (χ0v) is 21.0. The normalized spacial score (nSPS) is 30.8. The molecule has 3 aliphatic rings. The fraction of sp³-hybridized carbons (Fsp3) is 0.407. The molecule has 0 aromatic heterocycles. The maximum Gasteiger partial charge on any atom is 0.326 e. The Bertz CT molecular complexity index is 1230. The van der Waals surface area contributed by atoms with Gasteiger partial charge in [-0.2, -0.15) is 0 Å². The Morgan fingerprint density at radius 3 is 2.27 bits per heavy atom. The number of nitrogens with one attached hydrogen (secondary N) is 1. The lowest BCUT2D eigenvalue weighted by Crippen LogP contribution is -2.74. The number of amides is 3. The number of hydrogen-bond acceptors (Lipinski definition) is 8. The SMILES string of the molecule is COC(=O)[C@]1(C)N[C@H]([C@H]2[C@@H](OCc3ccccc3)C(=O)N2c2ccc(OC)cc2)[C@@H]2C(=O)N(C)C(=O)[C@@H]21. The molecule has 3 heterocycles. The number of carbonyl (C=O) groups is 4. The van der Waals surface area contributed by atoms with E-state index in [0.717, 1.165) is 10.5 Å². The van der Waals surface area contributed by atoms with Crippen molar-refractivity contribution in [2.75, 3.05) is 26.2 Å². The minimum Gasteiger partial charge on any atom is -0.497 e. The van der Waals surface area contributed by atoms with E-state index < -0.39 is 53.3 Å². The summed E-state index contributed by atoms with van der Waals surface area (Å²) >= 11 is 0. The molecule has 0 radical (unpaired) electrons. The fourth-order valence-corrected chi connectivity index (χ4v) is 5.83. The summed E-state index contributed by atoms with van der Waals surface area (Å²) in [5.41, 5.74) is 0.0291. The van der Waals surface area contributed by atoms with Gasteiger partial charge in [0.05, 0.1) is 38.7 Å². The first-order valence-electron chi connectivity index (χ1n) is 12.0. The van der Waals surface area contributed by atoms with E-state index in [0.29, 0.717) is 11.4 Å². The largest absolute Gasteiger partial charge is 0.497 e. The Morgan fingerprint density at radius 1 is 0.973 bits per heavy atom. The van der Waals surface area contributed by atoms with Gasteiger partial charge in [-0.1, -0.05) is 30.3 Å². The molecule has 1 N–H and O–H groups in total. The molecule has 0 unspecified atom stereocenters. The molecule has 0 aliphatic carbocycles. The molecule has 10 nitrogen and oxygen atoms in total. The lowest BCUT2D eigenvalue weighted by molar-refractivity contribution is -0.153. The van der Waals surface area contributed by atoms with Crippen molar-refractivity contribution in [3.63, 3.8) is 0 Å². The van der Waals surface area contributed by atoms with Crippen molar-refractivity contribution in [1.29, 1.82) is 0 Å². The molecule has 3 fully saturated rings. The van der Waals surface area contributed by atoms with Gasteiger partial charge in [0.15, 0.2) is 6.10 Å². The molecule has 37 heavy (non-hydrogen) atoms. The maximum atomic E-state index is 13.4. The monoisotopic (exact) mass is 507 g/mol. The van der Waals surface area contributed by atoms with E-state index in [1.54, 1.807) is 43.2 Å². The number of methoxy groups -OCH3 is 2. The zero-order valence-electron chi connectivity index (χ0n) is 21.0. The highest BCUT2D eigenvalue weighted by atomic mass is 16.5. The van der Waals surface area contributed by atoms with E-state index in [9.17, 15) is 19.2 Å². The first-order valence-corrected chi connectivity index (χ1v) is 12.0. The third-order valence-electron chi connectivity index (χ3n) is 7.74. The quantitative estimate of drug-likeness (QED) is 0.337. The molecule has 3 aliphatic heterocycles. The number of imide groups is 1. The Morgan fingerprint density at radius 2 is 1.65 bits per heavy atom. The number of nitrogens with zero attached hydrogens (tertiary/aromatic N) is 2. The first kappa shape index (κ1) is 24.9. The summed E-state index contributed by atoms with van der Waals surface area (Å²) in [7, 11) is 4.20. The second-order valence-corrected chi connectivity index (χ2v) is 9.72. The molecule has 6 atom stereocenters. The van der Waals surface area contributed by atoms with Crippen LogP contribution in [0.25, 0.3) is 0 Å². The van der Waals surface area contributed by atoms with Crippen molar-refractivity contribution in [2.45, 2.75) is 37.3 Å². The second-order valence-electron chi connectivity index (χ2n) is 9.72. The van der Waals surface area contributed by atoms with Crippen LogP contribution in [0, 0.1) is 11.8 Å². The van der Waals surface area contributed by atoms with Gasteiger partial charge >= 0.3 is 5.97 Å². The smallest absolute Gasteiger partial charge is 0.326 e. The van der Waals surface area contributed by atoms with Crippen LogP contribution in [-0.4, -0.2) is 73.6 Å². The number of carbonyl (C=O) groups excluding carboxylic acids is 4. The van der Waals surface area contributed by atoms with Gasteiger partial charge in [-0.3, -0.25) is 29.4 Å². The summed E-state index contributed by atoms with van der Waals surface area (Å²) < 4.78 is 16.4. The van der Waals surface area contributed by atoms with Crippen molar-refractivity contribution >= 4 is 29.4 Å². The number of esters is 1. The molecule has 3 saturated heterocycles. The zero-order chi connectivity index (χ0) is 26.5. The van der Waals surface area contributed by atoms with Crippen LogP contribution in [0.5, 0.6) is 5.75 Å². The second kappa shape index (κ2) is 9.28. The van der Waals surface area contributed by atoms with Gasteiger partial charge in [-0.15, -0.1) is 0 Å². The summed E-state index contributed by atoms with van der Waals surface area (Å²) in [6, 6.07) is 15.0. The third kappa shape index (κ3) is 3.79.